The molecule has 19 heavy (non-hydrogen) atoms. The molecular formula is C6H6GdO12-6. The average molecular weight is 427 g/mol. The molecule has 0 unspecified atom stereocenters. The van der Waals surface area contributed by atoms with Gasteiger partial charge in [-0.1, -0.05) is 38.8 Å². The Kier molecular flexibility index (Phi) is 493. The maximum Gasteiger partial charge on any atom is 0 e. The van der Waals surface area contributed by atoms with Crippen LogP contribution in [0.4, 0.5) is 0 Å². The van der Waals surface area contributed by atoms with Gasteiger partial charge in [0, 0.05) is 39.9 Å². The van der Waals surface area contributed by atoms with Crippen molar-refractivity contribution in [3.8, 4) is 0 Å². The summed E-state index contributed by atoms with van der Waals surface area (Å²) in [4.78, 5) is 49.4. The third kappa shape index (κ3) is 938. The molecule has 0 radical (unpaired) electrons. The van der Waals surface area contributed by atoms with Crippen molar-refractivity contribution < 1.29 is 99.3 Å². The van der Waals surface area contributed by atoms with Crippen LogP contribution in [0.15, 0.2) is 0 Å². The van der Waals surface area contributed by atoms with Crippen LogP contribution >= 0.6 is 0 Å². The van der Waals surface area contributed by atoms with Crippen molar-refractivity contribution in [1.29, 1.82) is 0 Å². The van der Waals surface area contributed by atoms with Gasteiger partial charge in [0.25, 0.3) is 0 Å². The Bertz CT molecular complexity index is 114. The van der Waals surface area contributed by atoms with Crippen LogP contribution < -0.4 is 0 Å². The number of hydrogen-bond acceptors (Lipinski definition) is 6. The zero-order chi connectivity index (χ0) is 16.2. The van der Waals surface area contributed by atoms with Gasteiger partial charge in [0.1, 0.15) is 0 Å². The quantitative estimate of drug-likeness (QED) is 0.224. The summed E-state index contributed by atoms with van der Waals surface area (Å²) in [6.07, 6.45) is 0. The first-order valence-corrected chi connectivity index (χ1v) is 2.57. The molecule has 0 aromatic carbocycles. The van der Waals surface area contributed by atoms with Gasteiger partial charge in [-0.05, 0) is 0 Å². The van der Waals surface area contributed by atoms with E-state index in [0.29, 0.717) is 38.8 Å². The molecule has 0 saturated heterocycles. The normalized spacial score (nSPS) is 3.79. The molecule has 0 rings (SSSR count). The van der Waals surface area contributed by atoms with Crippen LogP contribution in [0.5, 0.6) is 0 Å². The molecule has 13 heteroatoms. The predicted octanol–water partition coefficient (Wildman–Crippen LogP) is -2.33. The van der Waals surface area contributed by atoms with Crippen molar-refractivity contribution in [3.05, 3.63) is 0 Å². The number of aliphatic hydroxyl groups excluding tert-OH is 6. The van der Waals surface area contributed by atoms with Gasteiger partial charge >= 0.3 is 0 Å². The summed E-state index contributed by atoms with van der Waals surface area (Å²) in [6.45, 7) is 3.00. The van der Waals surface area contributed by atoms with Crippen LogP contribution in [-0.2, 0) is 28.8 Å². The van der Waals surface area contributed by atoms with Crippen molar-refractivity contribution >= 4 is 38.8 Å². The Labute approximate surface area is 138 Å². The topological polar surface area (TPSA) is 224 Å². The molecule has 0 aromatic rings. The third-order valence-corrected chi connectivity index (χ3v) is 0. The molecule has 12 nitrogen and oxygen atoms in total. The van der Waals surface area contributed by atoms with Gasteiger partial charge in [0.2, 0.25) is 0 Å². The first-order chi connectivity index (χ1) is 8.49. The second-order valence-electron chi connectivity index (χ2n) is 0.548. The summed E-state index contributed by atoms with van der Waals surface area (Å²) in [5.41, 5.74) is 0. The van der Waals surface area contributed by atoms with E-state index in [2.05, 4.69) is 0 Å². The fourth-order valence-corrected chi connectivity index (χ4v) is 0. The summed E-state index contributed by atoms with van der Waals surface area (Å²) in [7, 11) is 0. The van der Waals surface area contributed by atoms with Crippen molar-refractivity contribution in [3.63, 3.8) is 0 Å². The van der Waals surface area contributed by atoms with E-state index in [9.17, 15) is 0 Å². The van der Waals surface area contributed by atoms with E-state index >= 15 is 0 Å². The monoisotopic (exact) mass is 428 g/mol. The fraction of sp³-hybridized carbons (Fsp3) is 0. The van der Waals surface area contributed by atoms with Gasteiger partial charge in [0.05, 0.1) is 0 Å². The van der Waals surface area contributed by atoms with Crippen LogP contribution in [0, 0.1) is 39.9 Å². The van der Waals surface area contributed by atoms with Crippen LogP contribution in [0.1, 0.15) is 0 Å². The molecule has 116 valence electrons. The second-order valence-corrected chi connectivity index (χ2v) is 0.548. The number of rotatable bonds is 0. The summed E-state index contributed by atoms with van der Waals surface area (Å²) in [5.74, 6) is 0. The fourth-order valence-electron chi connectivity index (χ4n) is 0. The van der Waals surface area contributed by atoms with E-state index in [1.165, 1.54) is 0 Å². The smallest absolute Gasteiger partial charge is 0 e. The molecule has 0 saturated carbocycles. The largest absolute Gasteiger partial charge is 0.665 e. The van der Waals surface area contributed by atoms with Gasteiger partial charge in [-0.2, -0.15) is 0 Å². The van der Waals surface area contributed by atoms with Crippen molar-refractivity contribution in [2.24, 2.45) is 0 Å². The molecule has 0 spiro atoms. The molecule has 0 aliphatic rings. The van der Waals surface area contributed by atoms with E-state index in [4.69, 9.17) is 59.4 Å². The molecule has 0 aliphatic carbocycles. The molecule has 0 fully saturated rings. The van der Waals surface area contributed by atoms with Crippen LogP contribution in [-0.4, -0.2) is 69.5 Å². The standard InChI is InChI=1S/6CHO2.Gd/c6*2-1-3;/h6*(H,2,3);/q6*-1;. The molecule has 6 N–H and O–H groups in total. The van der Waals surface area contributed by atoms with Crippen LogP contribution in [0.2, 0.25) is 0 Å². The minimum atomic E-state index is 0. The molecule has 0 atom stereocenters. The zero-order valence-electron chi connectivity index (χ0n) is 8.49. The van der Waals surface area contributed by atoms with Crippen molar-refractivity contribution in [2.45, 2.75) is 0 Å². The van der Waals surface area contributed by atoms with E-state index < -0.39 is 0 Å². The molecule has 0 amide bonds. The third-order valence-electron chi connectivity index (χ3n) is 0. The Morgan fingerprint density at radius 1 is 0.368 bits per heavy atom. The van der Waals surface area contributed by atoms with Gasteiger partial charge in [0.15, 0.2) is 0 Å². The predicted molar refractivity (Wildman–Crippen MR) is 49.9 cm³/mol. The Morgan fingerprint density at radius 3 is 0.368 bits per heavy atom. The van der Waals surface area contributed by atoms with Gasteiger partial charge in [-0.3, -0.25) is 0 Å². The maximum atomic E-state index is 8.24. The molecule has 0 bridgehead atoms. The van der Waals surface area contributed by atoms with Crippen molar-refractivity contribution in [2.75, 3.05) is 0 Å². The Hall–Kier alpha value is -1.86. The first-order valence-electron chi connectivity index (χ1n) is 2.57. The summed E-state index contributed by atoms with van der Waals surface area (Å²) >= 11 is 0. The van der Waals surface area contributed by atoms with E-state index in [-0.39, 0.29) is 39.9 Å². The van der Waals surface area contributed by atoms with Gasteiger partial charge < -0.3 is 59.4 Å². The first kappa shape index (κ1) is 43.4. The Morgan fingerprint density at radius 2 is 0.368 bits per heavy atom. The molecule has 0 aromatic heterocycles. The summed E-state index contributed by atoms with van der Waals surface area (Å²) in [5, 5.41) is 40.6. The van der Waals surface area contributed by atoms with E-state index in [0.717, 1.165) is 0 Å². The SMILES string of the molecule is O=[C-]O.O=[C-]O.O=[C-]O.O=[C-]O.O=[C-]O.O=[C-]O.[Gd]. The number of hydrogen-bond donors (Lipinski definition) is 6. The summed E-state index contributed by atoms with van der Waals surface area (Å²) < 4.78 is 0. The van der Waals surface area contributed by atoms with E-state index in [1.54, 1.807) is 0 Å². The Balaban J connectivity index is -0.0000000180. The van der Waals surface area contributed by atoms with Gasteiger partial charge in [-0.15, -0.1) is 0 Å². The second kappa shape index (κ2) is 216. The minimum absolute atomic E-state index is 0. The molecule has 0 aliphatic heterocycles. The maximum absolute atomic E-state index is 8.24. The molecular weight excluding hydrogens is 421 g/mol. The zero-order valence-corrected chi connectivity index (χ0v) is 10.8. The molecule has 0 heterocycles. The van der Waals surface area contributed by atoms with E-state index in [1.807, 2.05) is 0 Å². The van der Waals surface area contributed by atoms with Crippen LogP contribution in [0.3, 0.4) is 0 Å². The van der Waals surface area contributed by atoms with Crippen molar-refractivity contribution in [1.82, 2.24) is 0 Å². The average Bonchev–Trinajstić information content (AvgIpc) is 2.23. The summed E-state index contributed by atoms with van der Waals surface area (Å²) in [6, 6.07) is 0. The van der Waals surface area contributed by atoms with Gasteiger partial charge in [-0.25, -0.2) is 0 Å². The van der Waals surface area contributed by atoms with Crippen LogP contribution in [0.25, 0.3) is 0 Å². The minimum Gasteiger partial charge on any atom is -0.665 e.